The number of fused-ring (bicyclic) bond motifs is 4. The minimum absolute atomic E-state index is 0.178. The molecule has 0 aromatic heterocycles. The van der Waals surface area contributed by atoms with E-state index in [1.54, 1.807) is 67.6 Å². The van der Waals surface area contributed by atoms with Crippen LogP contribution in [-0.4, -0.2) is 28.7 Å². The van der Waals surface area contributed by atoms with Crippen molar-refractivity contribution in [1.82, 2.24) is 0 Å². The zero-order chi connectivity index (χ0) is 29.5. The Morgan fingerprint density at radius 1 is 0.833 bits per heavy atom. The Kier molecular flexibility index (Phi) is 6.03. The van der Waals surface area contributed by atoms with Crippen LogP contribution >= 0.6 is 15.9 Å². The Hall–Kier alpha value is -4.11. The Bertz CT molecular complexity index is 1710. The minimum Gasteiger partial charge on any atom is -0.505 e. The first-order valence-corrected chi connectivity index (χ1v) is 14.7. The molecule has 3 fully saturated rings. The molecule has 212 valence electrons. The van der Waals surface area contributed by atoms with E-state index >= 15 is 0 Å². The van der Waals surface area contributed by atoms with Gasteiger partial charge in [0.15, 0.2) is 11.6 Å². The summed E-state index contributed by atoms with van der Waals surface area (Å²) in [5.41, 5.74) is 0.408. The van der Waals surface area contributed by atoms with E-state index in [9.17, 15) is 28.7 Å². The second-order valence-electron chi connectivity index (χ2n) is 11.7. The number of phenolic OH excluding ortho intramolecular Hbond substituents is 1. The predicted molar refractivity (Wildman–Crippen MR) is 156 cm³/mol. The maximum Gasteiger partial charge on any atom is 0.241 e. The predicted octanol–water partition coefficient (Wildman–Crippen LogP) is 5.73. The normalized spacial score (nSPS) is 30.3. The van der Waals surface area contributed by atoms with Crippen molar-refractivity contribution in [3.63, 3.8) is 0 Å². The van der Waals surface area contributed by atoms with Gasteiger partial charge in [-0.1, -0.05) is 57.9 Å². The van der Waals surface area contributed by atoms with Crippen molar-refractivity contribution in [3.05, 3.63) is 100 Å². The molecule has 2 aliphatic heterocycles. The number of imide groups is 2. The number of carbonyl (C=O) groups excluding carboxylic acids is 4. The van der Waals surface area contributed by atoms with Gasteiger partial charge in [-0.2, -0.15) is 0 Å². The van der Waals surface area contributed by atoms with E-state index in [2.05, 4.69) is 15.9 Å². The van der Waals surface area contributed by atoms with Crippen LogP contribution in [0, 0.1) is 34.9 Å². The molecule has 3 aromatic carbocycles. The number of benzene rings is 3. The van der Waals surface area contributed by atoms with E-state index in [0.717, 1.165) is 10.5 Å². The van der Waals surface area contributed by atoms with Crippen LogP contribution < -0.4 is 9.80 Å². The Labute approximate surface area is 249 Å². The topological polar surface area (TPSA) is 95.0 Å². The van der Waals surface area contributed by atoms with Gasteiger partial charge in [0.05, 0.1) is 34.5 Å². The van der Waals surface area contributed by atoms with Crippen LogP contribution in [0.5, 0.6) is 5.75 Å². The fourth-order valence-electron chi connectivity index (χ4n) is 7.79. The highest BCUT2D eigenvalue weighted by molar-refractivity contribution is 9.10. The van der Waals surface area contributed by atoms with Gasteiger partial charge in [0, 0.05) is 16.0 Å². The maximum absolute atomic E-state index is 14.8. The van der Waals surface area contributed by atoms with E-state index in [0.29, 0.717) is 16.9 Å². The molecule has 6 atom stereocenters. The molecule has 7 nitrogen and oxygen atoms in total. The van der Waals surface area contributed by atoms with Crippen molar-refractivity contribution in [2.45, 2.75) is 25.7 Å². The first kappa shape index (κ1) is 26.8. The number of amides is 4. The molecule has 42 heavy (non-hydrogen) atoms. The van der Waals surface area contributed by atoms with Crippen molar-refractivity contribution in [2.24, 2.45) is 29.1 Å². The lowest BCUT2D eigenvalue weighted by molar-refractivity contribution is -0.131. The van der Waals surface area contributed by atoms with Crippen LogP contribution in [0.4, 0.5) is 15.8 Å². The van der Waals surface area contributed by atoms with E-state index in [4.69, 9.17) is 0 Å². The third-order valence-corrected chi connectivity index (χ3v) is 10.2. The second kappa shape index (κ2) is 9.46. The fraction of sp³-hybridized carbons (Fsp3) is 0.273. The lowest BCUT2D eigenvalue weighted by Crippen LogP contribution is -2.49. The van der Waals surface area contributed by atoms with Crippen LogP contribution in [0.25, 0.3) is 0 Å². The molecule has 6 unspecified atom stereocenters. The molecule has 0 radical (unpaired) electrons. The van der Waals surface area contributed by atoms with Gasteiger partial charge in [-0.05, 0) is 68.1 Å². The molecule has 4 amide bonds. The van der Waals surface area contributed by atoms with Crippen molar-refractivity contribution < 1.29 is 28.7 Å². The fourth-order valence-corrected chi connectivity index (χ4v) is 8.06. The zero-order valence-electron chi connectivity index (χ0n) is 22.5. The molecular formula is C33H26BrFN2O5. The number of aromatic hydroxyl groups is 1. The van der Waals surface area contributed by atoms with Gasteiger partial charge >= 0.3 is 0 Å². The summed E-state index contributed by atoms with van der Waals surface area (Å²) >= 11 is 3.39. The molecule has 1 N–H and O–H groups in total. The molecule has 4 aliphatic rings. The van der Waals surface area contributed by atoms with Crippen molar-refractivity contribution in [1.29, 1.82) is 0 Å². The second-order valence-corrected chi connectivity index (χ2v) is 12.6. The number of allylic oxidation sites excluding steroid dienone is 2. The summed E-state index contributed by atoms with van der Waals surface area (Å²) in [4.78, 5) is 58.5. The Morgan fingerprint density at radius 2 is 1.52 bits per heavy atom. The van der Waals surface area contributed by atoms with Crippen LogP contribution in [-0.2, 0) is 19.2 Å². The summed E-state index contributed by atoms with van der Waals surface area (Å²) in [5.74, 6) is -6.61. The summed E-state index contributed by atoms with van der Waals surface area (Å²) in [6.07, 6.45) is 2.31. The van der Waals surface area contributed by atoms with Gasteiger partial charge in [-0.3, -0.25) is 24.1 Å². The van der Waals surface area contributed by atoms with Gasteiger partial charge in [-0.15, -0.1) is 0 Å². The molecule has 1 saturated carbocycles. The highest BCUT2D eigenvalue weighted by atomic mass is 79.9. The number of halogens is 2. The van der Waals surface area contributed by atoms with Gasteiger partial charge in [0.2, 0.25) is 23.6 Å². The van der Waals surface area contributed by atoms with E-state index in [-0.39, 0.29) is 30.2 Å². The molecular weight excluding hydrogens is 603 g/mol. The smallest absolute Gasteiger partial charge is 0.241 e. The number of phenols is 1. The van der Waals surface area contributed by atoms with Gasteiger partial charge < -0.3 is 5.11 Å². The van der Waals surface area contributed by atoms with Crippen LogP contribution in [0.15, 0.2) is 88.9 Å². The molecule has 9 heteroatoms. The average molecular weight is 629 g/mol. The van der Waals surface area contributed by atoms with Crippen molar-refractivity contribution >= 4 is 50.9 Å². The molecule has 0 bridgehead atoms. The van der Waals surface area contributed by atoms with E-state index in [1.807, 2.05) is 6.08 Å². The summed E-state index contributed by atoms with van der Waals surface area (Å²) in [6, 6.07) is 19.7. The molecule has 0 spiro atoms. The monoisotopic (exact) mass is 628 g/mol. The number of rotatable bonds is 3. The third-order valence-electron chi connectivity index (χ3n) is 9.70. The quantitative estimate of drug-likeness (QED) is 0.295. The standard InChI is InChI=1S/C33H26BrFN2O5/c1-33-24(30(40)37(32(33)42)18-6-3-2-4-7-18)16-23-20(27(33)22-8-5-9-25(35)28(22)38)14-15-21-26(23)31(41)36(29(21)39)19-12-10-17(34)11-13-19/h2-14,21,23-24,26-27,38H,15-16H2,1H3. The zero-order valence-corrected chi connectivity index (χ0v) is 24.1. The van der Waals surface area contributed by atoms with Gasteiger partial charge in [-0.25, -0.2) is 9.29 Å². The van der Waals surface area contributed by atoms with Crippen molar-refractivity contribution in [3.8, 4) is 5.75 Å². The summed E-state index contributed by atoms with van der Waals surface area (Å²) in [7, 11) is 0. The first-order chi connectivity index (χ1) is 20.1. The van der Waals surface area contributed by atoms with E-state index in [1.165, 1.54) is 15.9 Å². The molecule has 7 rings (SSSR count). The van der Waals surface area contributed by atoms with Crippen LogP contribution in [0.1, 0.15) is 31.2 Å². The van der Waals surface area contributed by atoms with Crippen LogP contribution in [0.3, 0.4) is 0 Å². The Balaban J connectivity index is 1.38. The summed E-state index contributed by atoms with van der Waals surface area (Å²) < 4.78 is 15.6. The summed E-state index contributed by atoms with van der Waals surface area (Å²) in [6.45, 7) is 1.70. The minimum atomic E-state index is -1.36. The lowest BCUT2D eigenvalue weighted by Gasteiger charge is -2.49. The number of hydrogen-bond donors (Lipinski definition) is 1. The SMILES string of the molecule is CC12C(=O)N(c3ccccc3)C(=O)C1CC1C(=CCC3C(=O)N(c4ccc(Br)cc4)C(=O)C31)C2c1cccc(F)c1O. The van der Waals surface area contributed by atoms with Gasteiger partial charge in [0.25, 0.3) is 0 Å². The number of nitrogens with zero attached hydrogens (tertiary/aromatic N) is 2. The van der Waals surface area contributed by atoms with Crippen molar-refractivity contribution in [2.75, 3.05) is 9.80 Å². The molecule has 2 aliphatic carbocycles. The number of para-hydroxylation sites is 2. The Morgan fingerprint density at radius 3 is 2.24 bits per heavy atom. The number of hydrogen-bond acceptors (Lipinski definition) is 5. The number of anilines is 2. The average Bonchev–Trinajstić information content (AvgIpc) is 3.35. The van der Waals surface area contributed by atoms with Gasteiger partial charge in [0.1, 0.15) is 0 Å². The molecule has 2 saturated heterocycles. The van der Waals surface area contributed by atoms with E-state index < -0.39 is 58.4 Å². The number of carbonyl (C=O) groups is 4. The molecule has 2 heterocycles. The third kappa shape index (κ3) is 3.55. The maximum atomic E-state index is 14.8. The van der Waals surface area contributed by atoms with Crippen LogP contribution in [0.2, 0.25) is 0 Å². The largest absolute Gasteiger partial charge is 0.505 e. The summed E-state index contributed by atoms with van der Waals surface area (Å²) in [5, 5.41) is 11.0. The first-order valence-electron chi connectivity index (χ1n) is 13.9. The highest BCUT2D eigenvalue weighted by Crippen LogP contribution is 2.64. The molecule has 3 aromatic rings. The highest BCUT2D eigenvalue weighted by Gasteiger charge is 2.68. The lowest BCUT2D eigenvalue weighted by atomic mass is 9.51.